The molecule has 0 heterocycles. The molecule has 14 heavy (non-hydrogen) atoms. The zero-order valence-electron chi connectivity index (χ0n) is 8.40. The van der Waals surface area contributed by atoms with Gasteiger partial charge in [0.25, 0.3) is 0 Å². The summed E-state index contributed by atoms with van der Waals surface area (Å²) in [5, 5.41) is 3.66. The SMILES string of the molecule is C/C(=N\OCc1ccccc1)C(C)F. The molecule has 0 aliphatic carbocycles. The van der Waals surface area contributed by atoms with E-state index in [4.69, 9.17) is 4.84 Å². The molecule has 0 aliphatic rings. The maximum atomic E-state index is 12.6. The normalized spacial score (nSPS) is 13.8. The molecule has 0 bridgehead atoms. The van der Waals surface area contributed by atoms with Gasteiger partial charge in [0.2, 0.25) is 0 Å². The van der Waals surface area contributed by atoms with Crippen LogP contribution in [-0.4, -0.2) is 11.9 Å². The summed E-state index contributed by atoms with van der Waals surface area (Å²) >= 11 is 0. The second-order valence-electron chi connectivity index (χ2n) is 3.11. The smallest absolute Gasteiger partial charge is 0.142 e. The van der Waals surface area contributed by atoms with Gasteiger partial charge in [-0.25, -0.2) is 4.39 Å². The summed E-state index contributed by atoms with van der Waals surface area (Å²) in [6.07, 6.45) is -1.05. The molecule has 1 unspecified atom stereocenters. The summed E-state index contributed by atoms with van der Waals surface area (Å²) in [6.45, 7) is 3.42. The molecule has 0 amide bonds. The molecule has 0 saturated heterocycles. The summed E-state index contributed by atoms with van der Waals surface area (Å²) in [5.41, 5.74) is 1.39. The van der Waals surface area contributed by atoms with Crippen LogP contribution < -0.4 is 0 Å². The van der Waals surface area contributed by atoms with Crippen LogP contribution in [-0.2, 0) is 11.4 Å². The highest BCUT2D eigenvalue weighted by atomic mass is 19.1. The van der Waals surface area contributed by atoms with Crippen molar-refractivity contribution in [2.45, 2.75) is 26.6 Å². The first-order valence-electron chi connectivity index (χ1n) is 4.54. The molecule has 0 aliphatic heterocycles. The number of hydrogen-bond acceptors (Lipinski definition) is 2. The minimum atomic E-state index is -1.05. The van der Waals surface area contributed by atoms with Gasteiger partial charge in [-0.2, -0.15) is 0 Å². The Morgan fingerprint density at radius 3 is 2.64 bits per heavy atom. The van der Waals surface area contributed by atoms with Crippen molar-refractivity contribution < 1.29 is 9.23 Å². The largest absolute Gasteiger partial charge is 0.391 e. The molecule has 1 aromatic carbocycles. The fourth-order valence-corrected chi connectivity index (χ4v) is 0.855. The van der Waals surface area contributed by atoms with E-state index in [1.165, 1.54) is 6.92 Å². The third kappa shape index (κ3) is 3.56. The quantitative estimate of drug-likeness (QED) is 0.534. The lowest BCUT2D eigenvalue weighted by molar-refractivity contribution is 0.128. The predicted octanol–water partition coefficient (Wildman–Crippen LogP) is 2.94. The summed E-state index contributed by atoms with van der Waals surface area (Å²) in [5.74, 6) is 0. The Hall–Kier alpha value is -1.38. The van der Waals surface area contributed by atoms with Crippen LogP contribution in [0.3, 0.4) is 0 Å². The van der Waals surface area contributed by atoms with Crippen LogP contribution in [0, 0.1) is 0 Å². The minimum Gasteiger partial charge on any atom is -0.391 e. The van der Waals surface area contributed by atoms with Gasteiger partial charge in [0.05, 0.1) is 5.71 Å². The zero-order chi connectivity index (χ0) is 10.4. The van der Waals surface area contributed by atoms with E-state index in [0.717, 1.165) is 5.56 Å². The summed E-state index contributed by atoms with van der Waals surface area (Å²) in [4.78, 5) is 4.99. The highest BCUT2D eigenvalue weighted by Crippen LogP contribution is 2.01. The Balaban J connectivity index is 2.39. The van der Waals surface area contributed by atoms with Crippen LogP contribution >= 0.6 is 0 Å². The molecule has 0 fully saturated rings. The predicted molar refractivity (Wildman–Crippen MR) is 54.9 cm³/mol. The van der Waals surface area contributed by atoms with E-state index in [1.807, 2.05) is 30.3 Å². The number of alkyl halides is 1. The molecule has 0 saturated carbocycles. The molecule has 1 rings (SSSR count). The lowest BCUT2D eigenvalue weighted by atomic mass is 10.2. The van der Waals surface area contributed by atoms with Gasteiger partial charge in [0.15, 0.2) is 0 Å². The molecule has 0 spiro atoms. The molecular formula is C11H14FNO. The number of benzene rings is 1. The molecule has 1 aromatic rings. The highest BCUT2D eigenvalue weighted by molar-refractivity contribution is 5.85. The molecule has 0 N–H and O–H groups in total. The van der Waals surface area contributed by atoms with Crippen LogP contribution in [0.4, 0.5) is 4.39 Å². The first-order chi connectivity index (χ1) is 6.70. The van der Waals surface area contributed by atoms with E-state index in [1.54, 1.807) is 6.92 Å². The second kappa shape index (κ2) is 5.37. The topological polar surface area (TPSA) is 21.6 Å². The van der Waals surface area contributed by atoms with E-state index < -0.39 is 6.17 Å². The number of hydrogen-bond donors (Lipinski definition) is 0. The van der Waals surface area contributed by atoms with Crippen molar-refractivity contribution in [2.24, 2.45) is 5.16 Å². The fraction of sp³-hybridized carbons (Fsp3) is 0.364. The van der Waals surface area contributed by atoms with Crippen molar-refractivity contribution >= 4 is 5.71 Å². The maximum absolute atomic E-state index is 12.6. The van der Waals surface area contributed by atoms with E-state index in [0.29, 0.717) is 12.3 Å². The molecule has 0 aromatic heterocycles. The Morgan fingerprint density at radius 1 is 1.43 bits per heavy atom. The molecular weight excluding hydrogens is 181 g/mol. The van der Waals surface area contributed by atoms with Gasteiger partial charge in [0.1, 0.15) is 12.8 Å². The summed E-state index contributed by atoms with van der Waals surface area (Å²) < 4.78 is 12.6. The van der Waals surface area contributed by atoms with E-state index in [-0.39, 0.29) is 0 Å². The van der Waals surface area contributed by atoms with Crippen molar-refractivity contribution in [3.05, 3.63) is 35.9 Å². The number of halogens is 1. The van der Waals surface area contributed by atoms with E-state index in [2.05, 4.69) is 5.16 Å². The maximum Gasteiger partial charge on any atom is 0.142 e. The molecule has 2 nitrogen and oxygen atoms in total. The van der Waals surface area contributed by atoms with Gasteiger partial charge in [-0.05, 0) is 19.4 Å². The van der Waals surface area contributed by atoms with E-state index >= 15 is 0 Å². The Morgan fingerprint density at radius 2 is 2.07 bits per heavy atom. The van der Waals surface area contributed by atoms with Crippen molar-refractivity contribution in [1.82, 2.24) is 0 Å². The summed E-state index contributed by atoms with van der Waals surface area (Å²) in [6, 6.07) is 9.65. The third-order valence-corrected chi connectivity index (χ3v) is 1.86. The van der Waals surface area contributed by atoms with Gasteiger partial charge in [-0.1, -0.05) is 35.5 Å². The molecule has 3 heteroatoms. The van der Waals surface area contributed by atoms with Crippen LogP contribution in [0.2, 0.25) is 0 Å². The lowest BCUT2D eigenvalue weighted by Gasteiger charge is -2.02. The standard InChI is InChI=1S/C11H14FNO/c1-9(12)10(2)13-14-8-11-6-4-3-5-7-11/h3-7,9H,8H2,1-2H3/b13-10+. The van der Waals surface area contributed by atoms with Gasteiger partial charge in [-0.15, -0.1) is 0 Å². The lowest BCUT2D eigenvalue weighted by Crippen LogP contribution is -2.07. The Labute approximate surface area is 83.4 Å². The monoisotopic (exact) mass is 195 g/mol. The first-order valence-corrected chi connectivity index (χ1v) is 4.54. The average molecular weight is 195 g/mol. The number of nitrogens with zero attached hydrogens (tertiary/aromatic N) is 1. The van der Waals surface area contributed by atoms with Gasteiger partial charge in [0, 0.05) is 0 Å². The highest BCUT2D eigenvalue weighted by Gasteiger charge is 2.01. The second-order valence-corrected chi connectivity index (χ2v) is 3.11. The van der Waals surface area contributed by atoms with Crippen molar-refractivity contribution in [2.75, 3.05) is 0 Å². The Bertz CT molecular complexity index is 295. The van der Waals surface area contributed by atoms with Crippen LogP contribution in [0.15, 0.2) is 35.5 Å². The van der Waals surface area contributed by atoms with Crippen molar-refractivity contribution in [3.63, 3.8) is 0 Å². The molecule has 76 valence electrons. The van der Waals surface area contributed by atoms with E-state index in [9.17, 15) is 4.39 Å². The van der Waals surface area contributed by atoms with Crippen molar-refractivity contribution in [1.29, 1.82) is 0 Å². The zero-order valence-corrected chi connectivity index (χ0v) is 8.40. The molecule has 1 atom stereocenters. The van der Waals surface area contributed by atoms with Gasteiger partial charge in [-0.3, -0.25) is 0 Å². The average Bonchev–Trinajstić information content (AvgIpc) is 2.19. The Kier molecular flexibility index (Phi) is 4.11. The van der Waals surface area contributed by atoms with Crippen LogP contribution in [0.5, 0.6) is 0 Å². The minimum absolute atomic E-state index is 0.362. The van der Waals surface area contributed by atoms with Crippen molar-refractivity contribution in [3.8, 4) is 0 Å². The first kappa shape index (κ1) is 10.7. The number of rotatable bonds is 4. The van der Waals surface area contributed by atoms with Gasteiger partial charge >= 0.3 is 0 Å². The molecule has 0 radical (unpaired) electrons. The van der Waals surface area contributed by atoms with Crippen LogP contribution in [0.25, 0.3) is 0 Å². The number of oxime groups is 1. The third-order valence-electron chi connectivity index (χ3n) is 1.86. The van der Waals surface area contributed by atoms with Crippen LogP contribution in [0.1, 0.15) is 19.4 Å². The summed E-state index contributed by atoms with van der Waals surface area (Å²) in [7, 11) is 0. The fourth-order valence-electron chi connectivity index (χ4n) is 0.855. The van der Waals surface area contributed by atoms with Gasteiger partial charge < -0.3 is 4.84 Å².